The fourth-order valence-corrected chi connectivity index (χ4v) is 3.41. The van der Waals surface area contributed by atoms with E-state index in [1.165, 1.54) is 0 Å². The van der Waals surface area contributed by atoms with Crippen molar-refractivity contribution in [1.82, 2.24) is 0 Å². The minimum Gasteiger partial charge on any atom is -0.289 e. The Kier molecular flexibility index (Phi) is 4.54. The summed E-state index contributed by atoms with van der Waals surface area (Å²) in [4.78, 5) is 13.0. The van der Waals surface area contributed by atoms with Crippen LogP contribution in [0.2, 0.25) is 0 Å². The molecule has 0 aliphatic carbocycles. The summed E-state index contributed by atoms with van der Waals surface area (Å²) in [6.07, 6.45) is 3.44. The van der Waals surface area contributed by atoms with Gasteiger partial charge in [0.25, 0.3) is 0 Å². The largest absolute Gasteiger partial charge is 0.289 e. The molecule has 0 spiro atoms. The predicted octanol–water partition coefficient (Wildman–Crippen LogP) is 5.48. The Hall–Kier alpha value is -0.710. The van der Waals surface area contributed by atoms with Crippen LogP contribution in [0.3, 0.4) is 0 Å². The van der Waals surface area contributed by atoms with Crippen molar-refractivity contribution in [2.75, 3.05) is 0 Å². The second kappa shape index (κ2) is 5.95. The molecule has 2 rings (SSSR count). The summed E-state index contributed by atoms with van der Waals surface area (Å²) in [6.45, 7) is 2.00. The molecule has 4 heteroatoms. The summed E-state index contributed by atoms with van der Waals surface area (Å²) in [5.41, 5.74) is 1.87. The Morgan fingerprint density at radius 3 is 2.44 bits per heavy atom. The second-order valence-corrected chi connectivity index (χ2v) is 7.09. The number of carbonyl (C=O) groups is 1. The highest BCUT2D eigenvalue weighted by molar-refractivity contribution is 9.13. The topological polar surface area (TPSA) is 17.1 Å². The quantitative estimate of drug-likeness (QED) is 0.505. The molecule has 0 aliphatic rings. The summed E-state index contributed by atoms with van der Waals surface area (Å²) in [7, 11) is 0. The van der Waals surface area contributed by atoms with Crippen LogP contribution in [0, 0.1) is 6.92 Å². The van der Waals surface area contributed by atoms with Gasteiger partial charge in [-0.25, -0.2) is 0 Å². The maximum absolute atomic E-state index is 11.9. The van der Waals surface area contributed by atoms with E-state index < -0.39 is 0 Å². The van der Waals surface area contributed by atoms with Crippen LogP contribution in [0.15, 0.2) is 44.7 Å². The fraction of sp³-hybridized carbons (Fsp3) is 0.0714. The average molecular weight is 386 g/mol. The SMILES string of the molecule is Cc1ccc(C(=O)/C=C/c2cc(Br)c(Br)s2)cc1. The van der Waals surface area contributed by atoms with Gasteiger partial charge in [-0.3, -0.25) is 4.79 Å². The molecule has 0 aliphatic heterocycles. The van der Waals surface area contributed by atoms with Crippen molar-refractivity contribution in [2.45, 2.75) is 6.92 Å². The lowest BCUT2D eigenvalue weighted by atomic mass is 10.1. The minimum absolute atomic E-state index is 0.0237. The first-order valence-corrected chi connectivity index (χ1v) is 7.70. The van der Waals surface area contributed by atoms with Gasteiger partial charge in [0.05, 0.1) is 3.79 Å². The Morgan fingerprint density at radius 1 is 1.22 bits per heavy atom. The molecule has 0 radical (unpaired) electrons. The number of thiophene rings is 1. The lowest BCUT2D eigenvalue weighted by Gasteiger charge is -1.96. The summed E-state index contributed by atoms with van der Waals surface area (Å²) in [6, 6.07) is 9.57. The van der Waals surface area contributed by atoms with Crippen molar-refractivity contribution < 1.29 is 4.79 Å². The molecule has 0 fully saturated rings. The highest BCUT2D eigenvalue weighted by atomic mass is 79.9. The fourth-order valence-electron chi connectivity index (χ4n) is 1.42. The number of hydrogen-bond acceptors (Lipinski definition) is 2. The molecule has 1 heterocycles. The monoisotopic (exact) mass is 384 g/mol. The maximum atomic E-state index is 11.9. The third kappa shape index (κ3) is 3.40. The van der Waals surface area contributed by atoms with Crippen LogP contribution >= 0.6 is 43.2 Å². The number of hydrogen-bond donors (Lipinski definition) is 0. The maximum Gasteiger partial charge on any atom is 0.185 e. The number of allylic oxidation sites excluding steroid dienone is 1. The molecule has 1 aromatic carbocycles. The molecule has 1 aromatic heterocycles. The molecule has 92 valence electrons. The van der Waals surface area contributed by atoms with E-state index >= 15 is 0 Å². The van der Waals surface area contributed by atoms with Crippen molar-refractivity contribution in [1.29, 1.82) is 0 Å². The Morgan fingerprint density at radius 2 is 1.89 bits per heavy atom. The third-order valence-electron chi connectivity index (χ3n) is 2.40. The molecule has 0 saturated carbocycles. The van der Waals surface area contributed by atoms with E-state index in [-0.39, 0.29) is 5.78 Å². The van der Waals surface area contributed by atoms with Crippen LogP contribution in [-0.2, 0) is 0 Å². The van der Waals surface area contributed by atoms with Crippen LogP contribution in [0.1, 0.15) is 20.8 Å². The molecule has 0 bridgehead atoms. The van der Waals surface area contributed by atoms with Gasteiger partial charge in [-0.15, -0.1) is 11.3 Å². The number of ketones is 1. The molecule has 18 heavy (non-hydrogen) atoms. The van der Waals surface area contributed by atoms with Crippen LogP contribution < -0.4 is 0 Å². The zero-order valence-electron chi connectivity index (χ0n) is 9.61. The molecule has 0 atom stereocenters. The highest BCUT2D eigenvalue weighted by Crippen LogP contribution is 2.33. The zero-order chi connectivity index (χ0) is 13.1. The van der Waals surface area contributed by atoms with Gasteiger partial charge in [0, 0.05) is 14.9 Å². The minimum atomic E-state index is 0.0237. The molecule has 2 aromatic rings. The summed E-state index contributed by atoms with van der Waals surface area (Å²) in [5.74, 6) is 0.0237. The molecule has 0 N–H and O–H groups in total. The van der Waals surface area contributed by atoms with Gasteiger partial charge in [-0.2, -0.15) is 0 Å². The normalized spacial score (nSPS) is 11.1. The molecule has 0 unspecified atom stereocenters. The molecular weight excluding hydrogens is 376 g/mol. The van der Waals surface area contributed by atoms with Gasteiger partial charge in [0.2, 0.25) is 0 Å². The molecular formula is C14H10Br2OS. The van der Waals surface area contributed by atoms with Crippen molar-refractivity contribution in [3.05, 3.63) is 60.7 Å². The first-order chi connectivity index (χ1) is 8.56. The third-order valence-corrected chi connectivity index (χ3v) is 5.62. The van der Waals surface area contributed by atoms with Crippen molar-refractivity contribution >= 4 is 55.1 Å². The van der Waals surface area contributed by atoms with Crippen LogP contribution in [0.25, 0.3) is 6.08 Å². The lowest BCUT2D eigenvalue weighted by molar-refractivity contribution is 0.104. The van der Waals surface area contributed by atoms with Crippen molar-refractivity contribution in [2.24, 2.45) is 0 Å². The zero-order valence-corrected chi connectivity index (χ0v) is 13.6. The van der Waals surface area contributed by atoms with E-state index in [0.29, 0.717) is 5.56 Å². The van der Waals surface area contributed by atoms with E-state index in [2.05, 4.69) is 31.9 Å². The van der Waals surface area contributed by atoms with E-state index in [9.17, 15) is 4.79 Å². The van der Waals surface area contributed by atoms with Gasteiger partial charge in [-0.05, 0) is 57.0 Å². The predicted molar refractivity (Wildman–Crippen MR) is 84.3 cm³/mol. The highest BCUT2D eigenvalue weighted by Gasteiger charge is 2.03. The Labute approximate surface area is 127 Å². The molecule has 1 nitrogen and oxygen atoms in total. The van der Waals surface area contributed by atoms with E-state index in [4.69, 9.17) is 0 Å². The van der Waals surface area contributed by atoms with Crippen LogP contribution in [0.4, 0.5) is 0 Å². The number of carbonyl (C=O) groups excluding carboxylic acids is 1. The standard InChI is InChI=1S/C14H10Br2OS/c1-9-2-4-10(5-3-9)13(17)7-6-11-8-12(15)14(16)18-11/h2-8H,1H3/b7-6+. The molecule has 0 amide bonds. The number of halogens is 2. The number of rotatable bonds is 3. The second-order valence-electron chi connectivity index (χ2n) is 3.83. The van der Waals surface area contributed by atoms with E-state index in [1.54, 1.807) is 17.4 Å². The summed E-state index contributed by atoms with van der Waals surface area (Å²) in [5, 5.41) is 0. The van der Waals surface area contributed by atoms with Gasteiger partial charge >= 0.3 is 0 Å². The first kappa shape index (κ1) is 13.7. The smallest absolute Gasteiger partial charge is 0.185 e. The van der Waals surface area contributed by atoms with Gasteiger partial charge in [-0.1, -0.05) is 29.8 Å². The van der Waals surface area contributed by atoms with Gasteiger partial charge in [0.1, 0.15) is 0 Å². The van der Waals surface area contributed by atoms with Crippen LogP contribution in [-0.4, -0.2) is 5.78 Å². The Bertz CT molecular complexity index is 577. The molecule has 0 saturated heterocycles. The Balaban J connectivity index is 2.14. The van der Waals surface area contributed by atoms with Gasteiger partial charge < -0.3 is 0 Å². The van der Waals surface area contributed by atoms with Crippen molar-refractivity contribution in [3.63, 3.8) is 0 Å². The van der Waals surface area contributed by atoms with Gasteiger partial charge in [0.15, 0.2) is 5.78 Å². The van der Waals surface area contributed by atoms with E-state index in [0.717, 1.165) is 18.7 Å². The lowest BCUT2D eigenvalue weighted by Crippen LogP contribution is -1.93. The number of benzene rings is 1. The number of aryl methyl sites for hydroxylation is 1. The average Bonchev–Trinajstić information content (AvgIpc) is 2.67. The summed E-state index contributed by atoms with van der Waals surface area (Å²) >= 11 is 8.43. The van der Waals surface area contributed by atoms with Crippen molar-refractivity contribution in [3.8, 4) is 0 Å². The van der Waals surface area contributed by atoms with E-state index in [1.807, 2.05) is 43.3 Å². The summed E-state index contributed by atoms with van der Waals surface area (Å²) < 4.78 is 2.04. The first-order valence-electron chi connectivity index (χ1n) is 5.30. The van der Waals surface area contributed by atoms with Crippen LogP contribution in [0.5, 0.6) is 0 Å².